The highest BCUT2D eigenvalue weighted by molar-refractivity contribution is 5.25. The number of aryl methyl sites for hydroxylation is 1. The molecule has 1 aromatic rings. The van der Waals surface area contributed by atoms with Crippen LogP contribution in [0.5, 0.6) is 0 Å². The summed E-state index contributed by atoms with van der Waals surface area (Å²) in [5.41, 5.74) is 8.67. The summed E-state index contributed by atoms with van der Waals surface area (Å²) in [6.07, 6.45) is 4.66. The van der Waals surface area contributed by atoms with Crippen molar-refractivity contribution in [3.63, 3.8) is 0 Å². The van der Waals surface area contributed by atoms with Gasteiger partial charge in [-0.3, -0.25) is 0 Å². The fourth-order valence-electron chi connectivity index (χ4n) is 2.13. The van der Waals surface area contributed by atoms with Gasteiger partial charge < -0.3 is 10.5 Å². The minimum Gasteiger partial charge on any atom is -0.385 e. The van der Waals surface area contributed by atoms with Crippen LogP contribution in [0.25, 0.3) is 0 Å². The second kappa shape index (κ2) is 8.26. The predicted molar refractivity (Wildman–Crippen MR) is 73.2 cm³/mol. The third-order valence-electron chi connectivity index (χ3n) is 3.31. The van der Waals surface area contributed by atoms with Crippen molar-refractivity contribution in [1.29, 1.82) is 0 Å². The van der Waals surface area contributed by atoms with E-state index in [2.05, 4.69) is 31.2 Å². The van der Waals surface area contributed by atoms with Crippen molar-refractivity contribution in [3.8, 4) is 0 Å². The number of hydrogen-bond donors (Lipinski definition) is 1. The van der Waals surface area contributed by atoms with Crippen LogP contribution in [0.1, 0.15) is 30.4 Å². The molecule has 0 bridgehead atoms. The molecule has 0 aliphatic heterocycles. The highest BCUT2D eigenvalue weighted by Gasteiger charge is 2.08. The van der Waals surface area contributed by atoms with Gasteiger partial charge in [0.2, 0.25) is 0 Å². The van der Waals surface area contributed by atoms with Gasteiger partial charge in [0.25, 0.3) is 0 Å². The van der Waals surface area contributed by atoms with Gasteiger partial charge in [0, 0.05) is 13.7 Å². The molecule has 1 atom stereocenters. The van der Waals surface area contributed by atoms with E-state index in [1.165, 1.54) is 24.0 Å². The van der Waals surface area contributed by atoms with Gasteiger partial charge >= 0.3 is 0 Å². The van der Waals surface area contributed by atoms with E-state index in [0.717, 1.165) is 26.0 Å². The number of nitrogens with two attached hydrogens (primary N) is 1. The fourth-order valence-corrected chi connectivity index (χ4v) is 2.13. The monoisotopic (exact) mass is 235 g/mol. The minimum absolute atomic E-state index is 0.605. The first-order valence-corrected chi connectivity index (χ1v) is 6.51. The first kappa shape index (κ1) is 14.2. The smallest absolute Gasteiger partial charge is 0.0462 e. The van der Waals surface area contributed by atoms with E-state index >= 15 is 0 Å². The summed E-state index contributed by atoms with van der Waals surface area (Å²) in [6, 6.07) is 8.59. The average molecular weight is 235 g/mol. The first-order valence-electron chi connectivity index (χ1n) is 6.51. The van der Waals surface area contributed by atoms with Gasteiger partial charge in [0.05, 0.1) is 0 Å². The van der Waals surface area contributed by atoms with Crippen LogP contribution in [0.4, 0.5) is 0 Å². The lowest BCUT2D eigenvalue weighted by Crippen LogP contribution is -2.17. The molecule has 0 fully saturated rings. The highest BCUT2D eigenvalue weighted by atomic mass is 16.5. The summed E-state index contributed by atoms with van der Waals surface area (Å²) in [7, 11) is 1.76. The Hall–Kier alpha value is -0.860. The Bertz CT molecular complexity index is 312. The Morgan fingerprint density at radius 2 is 2.00 bits per heavy atom. The van der Waals surface area contributed by atoms with Crippen LogP contribution in [-0.4, -0.2) is 20.3 Å². The van der Waals surface area contributed by atoms with E-state index in [1.54, 1.807) is 7.11 Å². The van der Waals surface area contributed by atoms with E-state index in [1.807, 2.05) is 0 Å². The van der Waals surface area contributed by atoms with Crippen LogP contribution in [0.15, 0.2) is 24.3 Å². The summed E-state index contributed by atoms with van der Waals surface area (Å²) in [6.45, 7) is 3.82. The van der Waals surface area contributed by atoms with Crippen molar-refractivity contribution in [1.82, 2.24) is 0 Å². The maximum absolute atomic E-state index is 5.85. The van der Waals surface area contributed by atoms with E-state index < -0.39 is 0 Å². The lowest BCUT2D eigenvalue weighted by atomic mass is 9.92. The van der Waals surface area contributed by atoms with E-state index in [0.29, 0.717) is 5.92 Å². The molecule has 2 heteroatoms. The number of benzene rings is 1. The number of methoxy groups -OCH3 is 1. The topological polar surface area (TPSA) is 35.2 Å². The number of hydrogen-bond acceptors (Lipinski definition) is 2. The van der Waals surface area contributed by atoms with E-state index in [4.69, 9.17) is 10.5 Å². The zero-order chi connectivity index (χ0) is 12.5. The average Bonchev–Trinajstić information content (AvgIpc) is 2.35. The zero-order valence-electron chi connectivity index (χ0n) is 11.1. The molecular weight excluding hydrogens is 210 g/mol. The molecular formula is C15H25NO. The molecule has 1 unspecified atom stereocenters. The van der Waals surface area contributed by atoms with Gasteiger partial charge in [-0.05, 0) is 49.8 Å². The van der Waals surface area contributed by atoms with Crippen molar-refractivity contribution < 1.29 is 4.74 Å². The van der Waals surface area contributed by atoms with Gasteiger partial charge in [-0.2, -0.15) is 0 Å². The Morgan fingerprint density at radius 1 is 1.24 bits per heavy atom. The van der Waals surface area contributed by atoms with Gasteiger partial charge in [-0.1, -0.05) is 30.7 Å². The Kier molecular flexibility index (Phi) is 6.90. The summed E-state index contributed by atoms with van der Waals surface area (Å²) in [5.74, 6) is 0.605. The van der Waals surface area contributed by atoms with Crippen LogP contribution < -0.4 is 5.73 Å². The second-order valence-corrected chi connectivity index (χ2v) is 4.72. The predicted octanol–water partition coefficient (Wildman–Crippen LogP) is 2.93. The van der Waals surface area contributed by atoms with Crippen molar-refractivity contribution in [2.24, 2.45) is 11.7 Å². The molecule has 0 radical (unpaired) electrons. The Morgan fingerprint density at radius 3 is 2.65 bits per heavy atom. The van der Waals surface area contributed by atoms with E-state index in [-0.39, 0.29) is 0 Å². The molecule has 2 N–H and O–H groups in total. The number of rotatable bonds is 8. The summed E-state index contributed by atoms with van der Waals surface area (Å²) >= 11 is 0. The van der Waals surface area contributed by atoms with Crippen molar-refractivity contribution >= 4 is 0 Å². The largest absolute Gasteiger partial charge is 0.385 e. The molecule has 0 spiro atoms. The number of ether oxygens (including phenoxy) is 1. The molecule has 0 heterocycles. The van der Waals surface area contributed by atoms with Crippen LogP contribution in [0.3, 0.4) is 0 Å². The molecule has 0 aromatic heterocycles. The maximum Gasteiger partial charge on any atom is 0.0462 e. The molecule has 0 aliphatic rings. The molecule has 0 saturated heterocycles. The fraction of sp³-hybridized carbons (Fsp3) is 0.600. The third-order valence-corrected chi connectivity index (χ3v) is 3.31. The van der Waals surface area contributed by atoms with Gasteiger partial charge in [-0.15, -0.1) is 0 Å². The maximum atomic E-state index is 5.85. The van der Waals surface area contributed by atoms with Crippen molar-refractivity contribution in [2.45, 2.75) is 32.6 Å². The molecule has 0 amide bonds. The quantitative estimate of drug-likeness (QED) is 0.703. The van der Waals surface area contributed by atoms with Crippen LogP contribution >= 0.6 is 0 Å². The van der Waals surface area contributed by atoms with E-state index in [9.17, 15) is 0 Å². The van der Waals surface area contributed by atoms with Gasteiger partial charge in [0.1, 0.15) is 0 Å². The van der Waals surface area contributed by atoms with Crippen LogP contribution in [0, 0.1) is 12.8 Å². The summed E-state index contributed by atoms with van der Waals surface area (Å²) in [5, 5.41) is 0. The first-order chi connectivity index (χ1) is 8.27. The summed E-state index contributed by atoms with van der Waals surface area (Å²) in [4.78, 5) is 0. The SMILES string of the molecule is COCCCCC(CN)Cc1ccccc1C. The van der Waals surface area contributed by atoms with Gasteiger partial charge in [0.15, 0.2) is 0 Å². The molecule has 0 saturated carbocycles. The lowest BCUT2D eigenvalue weighted by molar-refractivity contribution is 0.190. The standard InChI is InChI=1S/C15H25NO/c1-13-7-3-4-9-15(13)11-14(12-16)8-5-6-10-17-2/h3-4,7,9,14H,5-6,8,10-12,16H2,1-2H3. The third kappa shape index (κ3) is 5.33. The molecule has 0 aliphatic carbocycles. The normalized spacial score (nSPS) is 12.6. The zero-order valence-corrected chi connectivity index (χ0v) is 11.1. The van der Waals surface area contributed by atoms with Crippen LogP contribution in [0.2, 0.25) is 0 Å². The minimum atomic E-state index is 0.605. The summed E-state index contributed by atoms with van der Waals surface area (Å²) < 4.78 is 5.06. The molecule has 96 valence electrons. The van der Waals surface area contributed by atoms with Crippen molar-refractivity contribution in [3.05, 3.63) is 35.4 Å². The molecule has 1 aromatic carbocycles. The molecule has 1 rings (SSSR count). The van der Waals surface area contributed by atoms with Crippen LogP contribution in [-0.2, 0) is 11.2 Å². The highest BCUT2D eigenvalue weighted by Crippen LogP contribution is 2.17. The van der Waals surface area contributed by atoms with Crippen molar-refractivity contribution in [2.75, 3.05) is 20.3 Å². The Balaban J connectivity index is 2.38. The lowest BCUT2D eigenvalue weighted by Gasteiger charge is -2.16. The van der Waals surface area contributed by atoms with Gasteiger partial charge in [-0.25, -0.2) is 0 Å². The molecule has 17 heavy (non-hydrogen) atoms. The number of unbranched alkanes of at least 4 members (excludes halogenated alkanes) is 1. The molecule has 2 nitrogen and oxygen atoms in total. The Labute approximate surface area is 105 Å². The second-order valence-electron chi connectivity index (χ2n) is 4.72.